The number of nitrogens with one attached hydrogen (secondary N) is 1. The molecule has 106 valence electrons. The Bertz CT molecular complexity index is 618. The molecule has 1 fully saturated rings. The van der Waals surface area contributed by atoms with E-state index in [1.165, 1.54) is 24.1 Å². The van der Waals surface area contributed by atoms with E-state index in [9.17, 15) is 0 Å². The first-order chi connectivity index (χ1) is 9.70. The zero-order valence-electron chi connectivity index (χ0n) is 11.4. The van der Waals surface area contributed by atoms with Crippen molar-refractivity contribution in [2.45, 2.75) is 32.2 Å². The first-order valence-corrected chi connectivity index (χ1v) is 7.69. The fourth-order valence-electron chi connectivity index (χ4n) is 2.40. The number of benzene rings is 1. The summed E-state index contributed by atoms with van der Waals surface area (Å²) in [6, 6.07) is 5.66. The second kappa shape index (κ2) is 5.76. The standard InChI is InChI=1S/C15H17Cl2N3/c1-2-18-8-11-9-19-20(15(11)10-3-4-10)12-5-6-13(16)14(17)7-12/h5-7,9-10,18H,2-4,8H2,1H3. The lowest BCUT2D eigenvalue weighted by Gasteiger charge is -2.10. The summed E-state index contributed by atoms with van der Waals surface area (Å²) >= 11 is 12.1. The molecule has 0 unspecified atom stereocenters. The van der Waals surface area contributed by atoms with Crippen LogP contribution in [-0.2, 0) is 6.54 Å². The van der Waals surface area contributed by atoms with E-state index in [0.29, 0.717) is 16.0 Å². The molecular weight excluding hydrogens is 293 g/mol. The van der Waals surface area contributed by atoms with E-state index in [-0.39, 0.29) is 0 Å². The Morgan fingerprint density at radius 2 is 2.10 bits per heavy atom. The number of hydrogen-bond donors (Lipinski definition) is 1. The molecule has 1 aromatic carbocycles. The maximum atomic E-state index is 6.12. The van der Waals surface area contributed by atoms with Crippen LogP contribution in [0.1, 0.15) is 36.9 Å². The fourth-order valence-corrected chi connectivity index (χ4v) is 2.69. The van der Waals surface area contributed by atoms with Crippen molar-refractivity contribution in [1.82, 2.24) is 15.1 Å². The van der Waals surface area contributed by atoms with Gasteiger partial charge in [0.2, 0.25) is 0 Å². The van der Waals surface area contributed by atoms with Gasteiger partial charge in [0, 0.05) is 18.0 Å². The van der Waals surface area contributed by atoms with Crippen LogP contribution >= 0.6 is 23.2 Å². The molecule has 1 aromatic heterocycles. The van der Waals surface area contributed by atoms with Crippen LogP contribution in [0.3, 0.4) is 0 Å². The SMILES string of the molecule is CCNCc1cnn(-c2ccc(Cl)c(Cl)c2)c1C1CC1. The molecule has 1 aliphatic carbocycles. The summed E-state index contributed by atoms with van der Waals surface area (Å²) in [5.74, 6) is 0.626. The molecule has 0 radical (unpaired) electrons. The molecule has 0 aliphatic heterocycles. The Labute approximate surface area is 128 Å². The van der Waals surface area contributed by atoms with Crippen LogP contribution in [0.25, 0.3) is 5.69 Å². The van der Waals surface area contributed by atoms with E-state index in [4.69, 9.17) is 23.2 Å². The summed E-state index contributed by atoms with van der Waals surface area (Å²) in [4.78, 5) is 0. The Morgan fingerprint density at radius 3 is 2.75 bits per heavy atom. The van der Waals surface area contributed by atoms with E-state index >= 15 is 0 Å². The third-order valence-electron chi connectivity index (χ3n) is 3.56. The number of hydrogen-bond acceptors (Lipinski definition) is 2. The van der Waals surface area contributed by atoms with E-state index in [1.807, 2.05) is 29.1 Å². The van der Waals surface area contributed by atoms with Gasteiger partial charge < -0.3 is 5.32 Å². The van der Waals surface area contributed by atoms with Gasteiger partial charge >= 0.3 is 0 Å². The molecule has 2 aromatic rings. The van der Waals surface area contributed by atoms with Crippen LogP contribution in [0.2, 0.25) is 10.0 Å². The molecule has 0 bridgehead atoms. The van der Waals surface area contributed by atoms with Gasteiger partial charge in [0.15, 0.2) is 0 Å². The number of halogens is 2. The number of rotatable bonds is 5. The summed E-state index contributed by atoms with van der Waals surface area (Å²) in [6.45, 7) is 3.94. The van der Waals surface area contributed by atoms with Gasteiger partial charge in [0.25, 0.3) is 0 Å². The maximum absolute atomic E-state index is 6.12. The van der Waals surface area contributed by atoms with Crippen molar-refractivity contribution in [3.8, 4) is 5.69 Å². The second-order valence-corrected chi connectivity index (χ2v) is 5.93. The van der Waals surface area contributed by atoms with Crippen LogP contribution < -0.4 is 5.32 Å². The van der Waals surface area contributed by atoms with Crippen molar-refractivity contribution in [2.24, 2.45) is 0 Å². The molecule has 0 saturated heterocycles. The minimum absolute atomic E-state index is 0.564. The Kier molecular flexibility index (Phi) is 4.01. The number of aromatic nitrogens is 2. The molecule has 0 spiro atoms. The van der Waals surface area contributed by atoms with E-state index < -0.39 is 0 Å². The topological polar surface area (TPSA) is 29.9 Å². The quantitative estimate of drug-likeness (QED) is 0.898. The molecule has 1 aliphatic rings. The maximum Gasteiger partial charge on any atom is 0.0664 e. The Balaban J connectivity index is 1.99. The summed E-state index contributed by atoms with van der Waals surface area (Å²) in [5.41, 5.74) is 3.56. The Hall–Kier alpha value is -1.03. The molecule has 0 atom stereocenters. The molecular formula is C15H17Cl2N3. The van der Waals surface area contributed by atoms with Crippen LogP contribution in [-0.4, -0.2) is 16.3 Å². The predicted molar refractivity (Wildman–Crippen MR) is 82.9 cm³/mol. The van der Waals surface area contributed by atoms with Crippen molar-refractivity contribution in [1.29, 1.82) is 0 Å². The molecule has 1 heterocycles. The monoisotopic (exact) mass is 309 g/mol. The minimum atomic E-state index is 0.564. The van der Waals surface area contributed by atoms with Gasteiger partial charge in [-0.3, -0.25) is 0 Å². The molecule has 1 saturated carbocycles. The van der Waals surface area contributed by atoms with Gasteiger partial charge in [-0.25, -0.2) is 4.68 Å². The largest absolute Gasteiger partial charge is 0.313 e. The van der Waals surface area contributed by atoms with Crippen LogP contribution in [0.5, 0.6) is 0 Å². The number of nitrogens with zero attached hydrogens (tertiary/aromatic N) is 2. The average molecular weight is 310 g/mol. The predicted octanol–water partition coefficient (Wildman–Crippen LogP) is 4.17. The van der Waals surface area contributed by atoms with Gasteiger partial charge in [0.1, 0.15) is 0 Å². The highest BCUT2D eigenvalue weighted by Crippen LogP contribution is 2.42. The van der Waals surface area contributed by atoms with Crippen LogP contribution in [0.4, 0.5) is 0 Å². The van der Waals surface area contributed by atoms with E-state index in [0.717, 1.165) is 18.8 Å². The highest BCUT2D eigenvalue weighted by Gasteiger charge is 2.30. The highest BCUT2D eigenvalue weighted by atomic mass is 35.5. The summed E-state index contributed by atoms with van der Waals surface area (Å²) in [5, 5.41) is 9.06. The van der Waals surface area contributed by atoms with E-state index in [2.05, 4.69) is 17.3 Å². The molecule has 5 heteroatoms. The highest BCUT2D eigenvalue weighted by molar-refractivity contribution is 6.42. The first-order valence-electron chi connectivity index (χ1n) is 6.93. The molecule has 3 nitrogen and oxygen atoms in total. The minimum Gasteiger partial charge on any atom is -0.313 e. The van der Waals surface area contributed by atoms with E-state index in [1.54, 1.807) is 0 Å². The average Bonchev–Trinajstić information content (AvgIpc) is 3.20. The lowest BCUT2D eigenvalue weighted by atomic mass is 10.1. The van der Waals surface area contributed by atoms with Crippen molar-refractivity contribution < 1.29 is 0 Å². The molecule has 3 rings (SSSR count). The van der Waals surface area contributed by atoms with Crippen molar-refractivity contribution in [3.05, 3.63) is 45.7 Å². The van der Waals surface area contributed by atoms with Gasteiger partial charge in [0.05, 0.1) is 27.6 Å². The fraction of sp³-hybridized carbons (Fsp3) is 0.400. The third-order valence-corrected chi connectivity index (χ3v) is 4.30. The second-order valence-electron chi connectivity index (χ2n) is 5.12. The first kappa shape index (κ1) is 13.9. The molecule has 1 N–H and O–H groups in total. The van der Waals surface area contributed by atoms with Crippen LogP contribution in [0, 0.1) is 0 Å². The van der Waals surface area contributed by atoms with Crippen LogP contribution in [0.15, 0.2) is 24.4 Å². The van der Waals surface area contributed by atoms with Crippen molar-refractivity contribution >= 4 is 23.2 Å². The summed E-state index contributed by atoms with van der Waals surface area (Å²) in [7, 11) is 0. The smallest absolute Gasteiger partial charge is 0.0664 e. The van der Waals surface area contributed by atoms with Gasteiger partial charge in [-0.15, -0.1) is 0 Å². The van der Waals surface area contributed by atoms with Gasteiger partial charge in [-0.2, -0.15) is 5.10 Å². The zero-order chi connectivity index (χ0) is 14.1. The lowest BCUT2D eigenvalue weighted by Crippen LogP contribution is -2.13. The third kappa shape index (κ3) is 2.71. The molecule has 20 heavy (non-hydrogen) atoms. The summed E-state index contributed by atoms with van der Waals surface area (Å²) < 4.78 is 2.01. The van der Waals surface area contributed by atoms with Gasteiger partial charge in [-0.05, 0) is 37.6 Å². The normalized spacial score (nSPS) is 14.8. The zero-order valence-corrected chi connectivity index (χ0v) is 12.9. The van der Waals surface area contributed by atoms with Crippen molar-refractivity contribution in [2.75, 3.05) is 6.54 Å². The van der Waals surface area contributed by atoms with Crippen molar-refractivity contribution in [3.63, 3.8) is 0 Å². The lowest BCUT2D eigenvalue weighted by molar-refractivity contribution is 0.714. The Morgan fingerprint density at radius 1 is 1.30 bits per heavy atom. The summed E-state index contributed by atoms with van der Waals surface area (Å²) in [6.07, 6.45) is 4.44. The van der Waals surface area contributed by atoms with Gasteiger partial charge in [-0.1, -0.05) is 30.1 Å². The molecule has 0 amide bonds.